The molecular weight excluding hydrogens is 272 g/mol. The van der Waals surface area contributed by atoms with Gasteiger partial charge in [-0.1, -0.05) is 48.2 Å². The van der Waals surface area contributed by atoms with E-state index in [0.29, 0.717) is 0 Å². The summed E-state index contributed by atoms with van der Waals surface area (Å²) in [4.78, 5) is 0. The van der Waals surface area contributed by atoms with E-state index in [1.807, 2.05) is 0 Å². The van der Waals surface area contributed by atoms with E-state index in [9.17, 15) is 4.39 Å². The Hall–Kier alpha value is -0.730. The molecule has 0 radical (unpaired) electrons. The van der Waals surface area contributed by atoms with Gasteiger partial charge >= 0.3 is 0 Å². The Morgan fingerprint density at radius 2 is 1.83 bits per heavy atom. The first-order valence-corrected chi connectivity index (χ1v) is 7.00. The lowest BCUT2D eigenvalue weighted by Gasteiger charge is -2.18. The Kier molecular flexibility index (Phi) is 4.90. The average molecular weight is 288 g/mol. The van der Waals surface area contributed by atoms with Gasteiger partial charge in [-0.2, -0.15) is 0 Å². The number of hydrogen-bond donors (Lipinski definition) is 1. The summed E-state index contributed by atoms with van der Waals surface area (Å²) in [6.07, 6.45) is 10.3. The minimum atomic E-state index is -0.558. The minimum Gasteiger partial charge on any atom is -0.379 e. The maximum atomic E-state index is 13.3. The fourth-order valence-electron chi connectivity index (χ4n) is 2.13. The highest BCUT2D eigenvalue weighted by Crippen LogP contribution is 2.28. The zero-order valence-electron chi connectivity index (χ0n) is 10.1. The molecule has 1 aliphatic rings. The molecule has 0 spiro atoms. The Morgan fingerprint density at radius 3 is 2.56 bits per heavy atom. The molecule has 1 unspecified atom stereocenters. The first-order chi connectivity index (χ1) is 8.66. The highest BCUT2D eigenvalue weighted by atomic mass is 35.5. The molecule has 4 heteroatoms. The van der Waals surface area contributed by atoms with Crippen molar-refractivity contribution in [2.24, 2.45) is 0 Å². The van der Waals surface area contributed by atoms with Crippen LogP contribution in [0.3, 0.4) is 0 Å². The number of hydrogen-bond acceptors (Lipinski definition) is 1. The van der Waals surface area contributed by atoms with Crippen molar-refractivity contribution >= 4 is 28.9 Å². The first-order valence-electron chi connectivity index (χ1n) is 6.24. The number of anilines is 1. The van der Waals surface area contributed by atoms with Gasteiger partial charge in [0.2, 0.25) is 0 Å². The summed E-state index contributed by atoms with van der Waals surface area (Å²) < 4.78 is 13.3. The molecule has 2 rings (SSSR count). The Balaban J connectivity index is 2.10. The van der Waals surface area contributed by atoms with E-state index in [-0.39, 0.29) is 16.1 Å². The van der Waals surface area contributed by atoms with Crippen LogP contribution in [-0.2, 0) is 0 Å². The molecule has 0 saturated heterocycles. The van der Waals surface area contributed by atoms with Crippen molar-refractivity contribution in [3.05, 3.63) is 40.1 Å². The Morgan fingerprint density at radius 1 is 1.11 bits per heavy atom. The van der Waals surface area contributed by atoms with Crippen LogP contribution >= 0.6 is 23.2 Å². The number of halogens is 3. The van der Waals surface area contributed by atoms with Crippen LogP contribution in [-0.4, -0.2) is 6.04 Å². The average Bonchev–Trinajstić information content (AvgIpc) is 2.29. The molecule has 1 aliphatic carbocycles. The number of allylic oxidation sites excluding steroid dienone is 1. The van der Waals surface area contributed by atoms with E-state index >= 15 is 0 Å². The summed E-state index contributed by atoms with van der Waals surface area (Å²) in [5.74, 6) is -0.558. The number of nitrogens with one attached hydrogen (secondary N) is 1. The molecular formula is C14H16Cl2FN. The van der Waals surface area contributed by atoms with Crippen LogP contribution < -0.4 is 5.32 Å². The van der Waals surface area contributed by atoms with Gasteiger partial charge in [0.15, 0.2) is 5.82 Å². The lowest BCUT2D eigenvalue weighted by molar-refractivity contribution is 0.609. The van der Waals surface area contributed by atoms with E-state index in [1.165, 1.54) is 19.3 Å². The van der Waals surface area contributed by atoms with Gasteiger partial charge < -0.3 is 5.32 Å². The van der Waals surface area contributed by atoms with Gasteiger partial charge in [-0.15, -0.1) is 0 Å². The molecule has 1 aromatic rings. The Bertz CT molecular complexity index is 422. The number of benzene rings is 1. The third-order valence-electron chi connectivity index (χ3n) is 3.09. The number of rotatable bonds is 2. The molecule has 1 N–H and O–H groups in total. The second kappa shape index (κ2) is 6.44. The third-order valence-corrected chi connectivity index (χ3v) is 3.64. The van der Waals surface area contributed by atoms with Gasteiger partial charge in [0.05, 0.1) is 10.0 Å². The Labute approximate surface area is 117 Å². The quantitative estimate of drug-likeness (QED) is 0.565. The molecule has 0 aromatic heterocycles. The van der Waals surface area contributed by atoms with Crippen molar-refractivity contribution in [2.45, 2.75) is 38.1 Å². The van der Waals surface area contributed by atoms with E-state index < -0.39 is 5.82 Å². The van der Waals surface area contributed by atoms with Gasteiger partial charge in [0.1, 0.15) is 0 Å². The van der Waals surface area contributed by atoms with Gasteiger partial charge in [-0.25, -0.2) is 4.39 Å². The maximum absolute atomic E-state index is 13.3. The van der Waals surface area contributed by atoms with Crippen molar-refractivity contribution in [2.75, 3.05) is 5.32 Å². The third kappa shape index (κ3) is 3.63. The second-order valence-corrected chi connectivity index (χ2v) is 5.39. The monoisotopic (exact) mass is 287 g/mol. The molecule has 0 saturated carbocycles. The van der Waals surface area contributed by atoms with Crippen molar-refractivity contribution in [1.82, 2.24) is 0 Å². The molecule has 1 atom stereocenters. The largest absolute Gasteiger partial charge is 0.379 e. The fraction of sp³-hybridized carbons (Fsp3) is 0.429. The molecule has 1 aromatic carbocycles. The van der Waals surface area contributed by atoms with E-state index in [4.69, 9.17) is 23.2 Å². The molecule has 0 bridgehead atoms. The first kappa shape index (κ1) is 13.7. The summed E-state index contributed by atoms with van der Waals surface area (Å²) in [6.45, 7) is 0. The van der Waals surface area contributed by atoms with Crippen molar-refractivity contribution < 1.29 is 4.39 Å². The van der Waals surface area contributed by atoms with Gasteiger partial charge in [-0.3, -0.25) is 0 Å². The summed E-state index contributed by atoms with van der Waals surface area (Å²) in [7, 11) is 0. The van der Waals surface area contributed by atoms with Crippen LogP contribution in [0.1, 0.15) is 32.1 Å². The summed E-state index contributed by atoms with van der Waals surface area (Å²) in [5, 5.41) is 3.45. The minimum absolute atomic E-state index is 0.0554. The molecule has 0 amide bonds. The highest BCUT2D eigenvalue weighted by Gasteiger charge is 2.11. The van der Waals surface area contributed by atoms with Crippen LogP contribution in [0.5, 0.6) is 0 Å². The van der Waals surface area contributed by atoms with Crippen molar-refractivity contribution in [3.63, 3.8) is 0 Å². The predicted octanol–water partition coefficient (Wildman–Crippen LogP) is 5.43. The summed E-state index contributed by atoms with van der Waals surface area (Å²) >= 11 is 11.6. The maximum Gasteiger partial charge on any atom is 0.160 e. The lowest BCUT2D eigenvalue weighted by atomic mass is 10.0. The van der Waals surface area contributed by atoms with Crippen LogP contribution in [0, 0.1) is 5.82 Å². The summed E-state index contributed by atoms with van der Waals surface area (Å²) in [6, 6.07) is 3.42. The van der Waals surface area contributed by atoms with E-state index in [1.54, 1.807) is 12.1 Å². The van der Waals surface area contributed by atoms with Gasteiger partial charge in [0, 0.05) is 11.7 Å². The molecule has 1 nitrogen and oxygen atoms in total. The standard InChI is InChI=1S/C14H16Cl2FN/c15-12-8-11(9-13(16)14(12)17)18-10-6-4-2-1-3-5-7-10/h4,6,8-10,18H,1-3,5,7H2/b6-4+. The highest BCUT2D eigenvalue weighted by molar-refractivity contribution is 6.35. The van der Waals surface area contributed by atoms with Crippen LogP contribution in [0.25, 0.3) is 0 Å². The second-order valence-electron chi connectivity index (χ2n) is 4.57. The van der Waals surface area contributed by atoms with Gasteiger partial charge in [0.25, 0.3) is 0 Å². The van der Waals surface area contributed by atoms with Crippen molar-refractivity contribution in [3.8, 4) is 0 Å². The zero-order valence-corrected chi connectivity index (χ0v) is 11.6. The molecule has 98 valence electrons. The molecule has 0 heterocycles. The lowest BCUT2D eigenvalue weighted by Crippen LogP contribution is -2.17. The summed E-state index contributed by atoms with van der Waals surface area (Å²) in [5.41, 5.74) is 0.765. The topological polar surface area (TPSA) is 12.0 Å². The molecule has 0 aliphatic heterocycles. The SMILES string of the molecule is Fc1c(Cl)cc(NC2/C=C/CCCCC2)cc1Cl. The molecule has 18 heavy (non-hydrogen) atoms. The van der Waals surface area contributed by atoms with Crippen LogP contribution in [0.4, 0.5) is 10.1 Å². The smallest absolute Gasteiger partial charge is 0.160 e. The zero-order chi connectivity index (χ0) is 13.0. The predicted molar refractivity (Wildman–Crippen MR) is 76.1 cm³/mol. The van der Waals surface area contributed by atoms with E-state index in [2.05, 4.69) is 17.5 Å². The normalized spacial score (nSPS) is 22.1. The van der Waals surface area contributed by atoms with Crippen molar-refractivity contribution in [1.29, 1.82) is 0 Å². The molecule has 0 fully saturated rings. The van der Waals surface area contributed by atoms with Crippen LogP contribution in [0.15, 0.2) is 24.3 Å². The van der Waals surface area contributed by atoms with Gasteiger partial charge in [-0.05, 0) is 31.4 Å². The van der Waals surface area contributed by atoms with Crippen LogP contribution in [0.2, 0.25) is 10.0 Å². The fourth-order valence-corrected chi connectivity index (χ4v) is 2.62. The van der Waals surface area contributed by atoms with E-state index in [0.717, 1.165) is 18.5 Å².